The van der Waals surface area contributed by atoms with Gasteiger partial charge >= 0.3 is 0 Å². The van der Waals surface area contributed by atoms with Crippen LogP contribution < -0.4 is 15.2 Å². The molecule has 1 heterocycles. The third-order valence-corrected chi connectivity index (χ3v) is 2.63. The van der Waals surface area contributed by atoms with E-state index < -0.39 is 0 Å². The van der Waals surface area contributed by atoms with Gasteiger partial charge in [0.25, 0.3) is 5.89 Å². The van der Waals surface area contributed by atoms with Gasteiger partial charge in [-0.25, -0.2) is 0 Å². The summed E-state index contributed by atoms with van der Waals surface area (Å²) in [6, 6.07) is 5.56. The highest BCUT2D eigenvalue weighted by Crippen LogP contribution is 2.28. The van der Waals surface area contributed by atoms with E-state index in [1.165, 1.54) is 0 Å². The molecule has 1 aromatic heterocycles. The van der Waals surface area contributed by atoms with Crippen LogP contribution in [0.4, 0.5) is 0 Å². The van der Waals surface area contributed by atoms with Crippen molar-refractivity contribution >= 4 is 0 Å². The Hall–Kier alpha value is -2.08. The van der Waals surface area contributed by atoms with Crippen molar-refractivity contribution < 1.29 is 13.9 Å². The SMILES string of the molecule is CCc1nnc(COc2ccc(CN)cc2OC)o1. The van der Waals surface area contributed by atoms with Crippen molar-refractivity contribution in [1.82, 2.24) is 10.2 Å². The Morgan fingerprint density at radius 2 is 2.00 bits per heavy atom. The molecule has 0 saturated heterocycles. The van der Waals surface area contributed by atoms with Gasteiger partial charge in [-0.05, 0) is 17.7 Å². The molecule has 2 rings (SSSR count). The number of aryl methyl sites for hydroxylation is 1. The first-order valence-corrected chi connectivity index (χ1v) is 6.07. The van der Waals surface area contributed by atoms with Gasteiger partial charge < -0.3 is 19.6 Å². The molecule has 0 radical (unpaired) electrons. The number of rotatable bonds is 6. The minimum Gasteiger partial charge on any atom is -0.493 e. The second-order valence-corrected chi connectivity index (χ2v) is 3.92. The summed E-state index contributed by atoms with van der Waals surface area (Å²) in [5.41, 5.74) is 6.56. The maximum Gasteiger partial charge on any atom is 0.253 e. The maximum absolute atomic E-state index is 5.61. The Kier molecular flexibility index (Phi) is 4.35. The van der Waals surface area contributed by atoms with Gasteiger partial charge in [0.2, 0.25) is 5.89 Å². The molecule has 0 bridgehead atoms. The lowest BCUT2D eigenvalue weighted by Crippen LogP contribution is -2.01. The number of nitrogens with zero attached hydrogens (tertiary/aromatic N) is 2. The van der Waals surface area contributed by atoms with Crippen LogP contribution >= 0.6 is 0 Å². The number of nitrogens with two attached hydrogens (primary N) is 1. The second-order valence-electron chi connectivity index (χ2n) is 3.92. The molecule has 0 aliphatic carbocycles. The summed E-state index contributed by atoms with van der Waals surface area (Å²) in [5, 5.41) is 7.76. The van der Waals surface area contributed by atoms with Crippen molar-refractivity contribution in [2.75, 3.05) is 7.11 Å². The Bertz CT molecular complexity index is 540. The molecule has 0 unspecified atom stereocenters. The molecule has 6 heteroatoms. The van der Waals surface area contributed by atoms with E-state index in [0.29, 0.717) is 36.2 Å². The van der Waals surface area contributed by atoms with Crippen molar-refractivity contribution in [1.29, 1.82) is 0 Å². The Morgan fingerprint density at radius 1 is 1.21 bits per heavy atom. The molecule has 6 nitrogen and oxygen atoms in total. The van der Waals surface area contributed by atoms with E-state index in [-0.39, 0.29) is 6.61 Å². The van der Waals surface area contributed by atoms with E-state index in [9.17, 15) is 0 Å². The van der Waals surface area contributed by atoms with Crippen LogP contribution in [-0.4, -0.2) is 17.3 Å². The van der Waals surface area contributed by atoms with Gasteiger partial charge in [0.1, 0.15) is 0 Å². The van der Waals surface area contributed by atoms with E-state index in [2.05, 4.69) is 10.2 Å². The van der Waals surface area contributed by atoms with E-state index in [1.54, 1.807) is 7.11 Å². The molecule has 0 spiro atoms. The van der Waals surface area contributed by atoms with Crippen molar-refractivity contribution in [3.63, 3.8) is 0 Å². The van der Waals surface area contributed by atoms with E-state index in [4.69, 9.17) is 19.6 Å². The number of benzene rings is 1. The first-order chi connectivity index (χ1) is 9.26. The van der Waals surface area contributed by atoms with Gasteiger partial charge in [-0.15, -0.1) is 10.2 Å². The van der Waals surface area contributed by atoms with Crippen LogP contribution in [0.5, 0.6) is 11.5 Å². The van der Waals surface area contributed by atoms with Gasteiger partial charge in [0.15, 0.2) is 18.1 Å². The lowest BCUT2D eigenvalue weighted by molar-refractivity contribution is 0.247. The first kappa shape index (κ1) is 13.4. The zero-order valence-corrected chi connectivity index (χ0v) is 11.0. The van der Waals surface area contributed by atoms with Crippen LogP contribution in [0.25, 0.3) is 0 Å². The average molecular weight is 263 g/mol. The van der Waals surface area contributed by atoms with Crippen LogP contribution in [0, 0.1) is 0 Å². The molecular weight excluding hydrogens is 246 g/mol. The number of aromatic nitrogens is 2. The fourth-order valence-electron chi connectivity index (χ4n) is 1.59. The van der Waals surface area contributed by atoms with Gasteiger partial charge in [0.05, 0.1) is 7.11 Å². The van der Waals surface area contributed by atoms with Crippen molar-refractivity contribution in [2.24, 2.45) is 5.73 Å². The molecule has 0 atom stereocenters. The Balaban J connectivity index is 2.06. The van der Waals surface area contributed by atoms with Gasteiger partial charge in [-0.1, -0.05) is 13.0 Å². The van der Waals surface area contributed by atoms with Gasteiger partial charge in [-0.3, -0.25) is 0 Å². The molecule has 0 saturated carbocycles. The van der Waals surface area contributed by atoms with Crippen molar-refractivity contribution in [3.8, 4) is 11.5 Å². The van der Waals surface area contributed by atoms with Crippen LogP contribution in [0.15, 0.2) is 22.6 Å². The number of hydrogen-bond acceptors (Lipinski definition) is 6. The lowest BCUT2D eigenvalue weighted by Gasteiger charge is -2.10. The normalized spacial score (nSPS) is 10.5. The molecule has 2 aromatic rings. The molecule has 0 aliphatic heterocycles. The summed E-state index contributed by atoms with van der Waals surface area (Å²) in [6.07, 6.45) is 0.710. The topological polar surface area (TPSA) is 83.4 Å². The summed E-state index contributed by atoms with van der Waals surface area (Å²) in [6.45, 7) is 2.62. The smallest absolute Gasteiger partial charge is 0.253 e. The number of ether oxygens (including phenoxy) is 2. The van der Waals surface area contributed by atoms with Gasteiger partial charge in [0, 0.05) is 13.0 Å². The molecule has 19 heavy (non-hydrogen) atoms. The molecule has 102 valence electrons. The van der Waals surface area contributed by atoms with Crippen LogP contribution in [-0.2, 0) is 19.6 Å². The molecule has 2 N–H and O–H groups in total. The van der Waals surface area contributed by atoms with E-state index in [0.717, 1.165) is 5.56 Å². The van der Waals surface area contributed by atoms with E-state index >= 15 is 0 Å². The van der Waals surface area contributed by atoms with Crippen molar-refractivity contribution in [3.05, 3.63) is 35.5 Å². The third-order valence-electron chi connectivity index (χ3n) is 2.63. The maximum atomic E-state index is 5.61. The highest BCUT2D eigenvalue weighted by Gasteiger charge is 2.09. The largest absolute Gasteiger partial charge is 0.493 e. The minimum absolute atomic E-state index is 0.214. The average Bonchev–Trinajstić information content (AvgIpc) is 2.92. The predicted octanol–water partition coefficient (Wildman–Crippen LogP) is 1.68. The minimum atomic E-state index is 0.214. The first-order valence-electron chi connectivity index (χ1n) is 6.07. The monoisotopic (exact) mass is 263 g/mol. The fraction of sp³-hybridized carbons (Fsp3) is 0.385. The van der Waals surface area contributed by atoms with Gasteiger partial charge in [-0.2, -0.15) is 0 Å². The summed E-state index contributed by atoms with van der Waals surface area (Å²) in [5.74, 6) is 2.31. The predicted molar refractivity (Wildman–Crippen MR) is 68.9 cm³/mol. The summed E-state index contributed by atoms with van der Waals surface area (Å²) >= 11 is 0. The van der Waals surface area contributed by atoms with Crippen molar-refractivity contribution in [2.45, 2.75) is 26.5 Å². The summed E-state index contributed by atoms with van der Waals surface area (Å²) in [7, 11) is 1.59. The number of methoxy groups -OCH3 is 1. The van der Waals surface area contributed by atoms with Crippen LogP contribution in [0.2, 0.25) is 0 Å². The molecule has 0 amide bonds. The quantitative estimate of drug-likeness (QED) is 0.853. The van der Waals surface area contributed by atoms with Crippen LogP contribution in [0.3, 0.4) is 0 Å². The third kappa shape index (κ3) is 3.23. The van der Waals surface area contributed by atoms with Crippen LogP contribution in [0.1, 0.15) is 24.3 Å². The second kappa shape index (κ2) is 6.19. The number of hydrogen-bond donors (Lipinski definition) is 1. The molecule has 1 aromatic carbocycles. The van der Waals surface area contributed by atoms with E-state index in [1.807, 2.05) is 25.1 Å². The zero-order valence-electron chi connectivity index (χ0n) is 11.0. The molecule has 0 fully saturated rings. The standard InChI is InChI=1S/C13H17N3O3/c1-3-12-15-16-13(19-12)8-18-10-5-4-9(7-14)6-11(10)17-2/h4-6H,3,7-8,14H2,1-2H3. The molecule has 0 aliphatic rings. The zero-order chi connectivity index (χ0) is 13.7. The Morgan fingerprint density at radius 3 is 2.63 bits per heavy atom. The highest BCUT2D eigenvalue weighted by molar-refractivity contribution is 5.42. The Labute approximate surface area is 111 Å². The summed E-state index contributed by atoms with van der Waals surface area (Å²) < 4.78 is 16.2. The fourth-order valence-corrected chi connectivity index (χ4v) is 1.59. The summed E-state index contributed by atoms with van der Waals surface area (Å²) in [4.78, 5) is 0. The molecular formula is C13H17N3O3. The highest BCUT2D eigenvalue weighted by atomic mass is 16.5. The lowest BCUT2D eigenvalue weighted by atomic mass is 10.2.